The molecule has 2 aromatic rings. The minimum absolute atomic E-state index is 0.165. The summed E-state index contributed by atoms with van der Waals surface area (Å²) in [5.41, 5.74) is 1.61. The molecule has 0 radical (unpaired) electrons. The van der Waals surface area contributed by atoms with Crippen LogP contribution < -0.4 is 5.32 Å². The van der Waals surface area contributed by atoms with Gasteiger partial charge in [-0.15, -0.1) is 0 Å². The summed E-state index contributed by atoms with van der Waals surface area (Å²) >= 11 is 3.28. The van der Waals surface area contributed by atoms with Gasteiger partial charge >= 0.3 is 0 Å². The zero-order chi connectivity index (χ0) is 13.8. The number of halogens is 2. The molecule has 0 bridgehead atoms. The van der Waals surface area contributed by atoms with Crippen LogP contribution in [0.3, 0.4) is 0 Å². The second-order valence-corrected chi connectivity index (χ2v) is 5.42. The number of aryl methyl sites for hydroxylation is 1. The van der Waals surface area contributed by atoms with Crippen LogP contribution in [0.25, 0.3) is 0 Å². The second-order valence-electron chi connectivity index (χ2n) is 4.50. The molecule has 0 aliphatic carbocycles. The Kier molecular flexibility index (Phi) is 4.71. The number of rotatable bonds is 5. The number of hydrogen-bond donors (Lipinski definition) is 1. The van der Waals surface area contributed by atoms with Crippen LogP contribution in [0.1, 0.15) is 30.5 Å². The highest BCUT2D eigenvalue weighted by atomic mass is 79.9. The molecule has 1 unspecified atom stereocenters. The van der Waals surface area contributed by atoms with Gasteiger partial charge in [0.15, 0.2) is 0 Å². The van der Waals surface area contributed by atoms with Crippen LogP contribution >= 0.6 is 15.9 Å². The first kappa shape index (κ1) is 14.2. The molecule has 0 fully saturated rings. The lowest BCUT2D eigenvalue weighted by atomic mass is 10.0. The predicted molar refractivity (Wildman–Crippen MR) is 77.4 cm³/mol. The number of hydrogen-bond acceptors (Lipinski definition) is 2. The predicted octanol–water partition coefficient (Wildman–Crippen LogP) is 3.41. The average molecular weight is 326 g/mol. The van der Waals surface area contributed by atoms with Crippen LogP contribution in [0, 0.1) is 5.82 Å². The standard InChI is InChI=1S/C14H17BrFN3/c1-3-6-17-14(10-8-18-19(2)9-10)12-5-4-11(15)7-13(12)16/h4-5,7-9,14,17H,3,6H2,1-2H3. The van der Waals surface area contributed by atoms with Crippen molar-refractivity contribution in [2.45, 2.75) is 19.4 Å². The molecule has 1 aromatic carbocycles. The van der Waals surface area contributed by atoms with Crippen molar-refractivity contribution in [3.05, 3.63) is 52.0 Å². The largest absolute Gasteiger partial charge is 0.306 e. The Morgan fingerprint density at radius 3 is 2.84 bits per heavy atom. The van der Waals surface area contributed by atoms with Gasteiger partial charge in [0.1, 0.15) is 5.82 Å². The number of nitrogens with zero attached hydrogens (tertiary/aromatic N) is 2. The summed E-state index contributed by atoms with van der Waals surface area (Å²) in [6, 6.07) is 4.99. The highest BCUT2D eigenvalue weighted by molar-refractivity contribution is 9.10. The maximum Gasteiger partial charge on any atom is 0.129 e. The van der Waals surface area contributed by atoms with Crippen molar-refractivity contribution in [2.24, 2.45) is 7.05 Å². The summed E-state index contributed by atoms with van der Waals surface area (Å²) in [7, 11) is 1.86. The SMILES string of the molecule is CCCNC(c1cnn(C)c1)c1ccc(Br)cc1F. The van der Waals surface area contributed by atoms with Crippen molar-refractivity contribution in [3.8, 4) is 0 Å². The van der Waals surface area contributed by atoms with Gasteiger partial charge in [-0.3, -0.25) is 4.68 Å². The topological polar surface area (TPSA) is 29.9 Å². The van der Waals surface area contributed by atoms with Gasteiger partial charge in [-0.25, -0.2) is 4.39 Å². The van der Waals surface area contributed by atoms with Crippen LogP contribution in [-0.2, 0) is 7.05 Å². The van der Waals surface area contributed by atoms with Crippen LogP contribution in [0.15, 0.2) is 35.1 Å². The third kappa shape index (κ3) is 3.42. The van der Waals surface area contributed by atoms with Crippen LogP contribution in [0.5, 0.6) is 0 Å². The molecule has 0 aliphatic rings. The third-order valence-corrected chi connectivity index (χ3v) is 3.42. The molecule has 5 heteroatoms. The Morgan fingerprint density at radius 1 is 1.47 bits per heavy atom. The molecule has 102 valence electrons. The maximum absolute atomic E-state index is 14.1. The van der Waals surface area contributed by atoms with E-state index in [9.17, 15) is 4.39 Å². The van der Waals surface area contributed by atoms with E-state index < -0.39 is 0 Å². The van der Waals surface area contributed by atoms with Crippen molar-refractivity contribution in [1.29, 1.82) is 0 Å². The van der Waals surface area contributed by atoms with Gasteiger partial charge in [-0.2, -0.15) is 5.10 Å². The lowest BCUT2D eigenvalue weighted by molar-refractivity contribution is 0.546. The van der Waals surface area contributed by atoms with Gasteiger partial charge in [-0.05, 0) is 25.1 Å². The molecule has 1 aromatic heterocycles. The van der Waals surface area contributed by atoms with E-state index in [4.69, 9.17) is 0 Å². The summed E-state index contributed by atoms with van der Waals surface area (Å²) in [5.74, 6) is -0.216. The Bertz CT molecular complexity index is 553. The number of benzene rings is 1. The van der Waals surface area contributed by atoms with E-state index in [0.29, 0.717) is 5.56 Å². The lowest BCUT2D eigenvalue weighted by Crippen LogP contribution is -2.23. The normalized spacial score (nSPS) is 12.6. The Balaban J connectivity index is 2.36. The van der Waals surface area contributed by atoms with Crippen molar-refractivity contribution in [1.82, 2.24) is 15.1 Å². The van der Waals surface area contributed by atoms with Crippen molar-refractivity contribution >= 4 is 15.9 Å². The van der Waals surface area contributed by atoms with Gasteiger partial charge in [0.2, 0.25) is 0 Å². The van der Waals surface area contributed by atoms with E-state index in [-0.39, 0.29) is 11.9 Å². The molecule has 19 heavy (non-hydrogen) atoms. The van der Waals surface area contributed by atoms with Gasteiger partial charge in [-0.1, -0.05) is 28.9 Å². The van der Waals surface area contributed by atoms with E-state index in [2.05, 4.69) is 33.3 Å². The van der Waals surface area contributed by atoms with Crippen LogP contribution in [-0.4, -0.2) is 16.3 Å². The van der Waals surface area contributed by atoms with Gasteiger partial charge in [0.05, 0.1) is 12.2 Å². The molecule has 3 nitrogen and oxygen atoms in total. The van der Waals surface area contributed by atoms with Crippen LogP contribution in [0.2, 0.25) is 0 Å². The fourth-order valence-corrected chi connectivity index (χ4v) is 2.35. The summed E-state index contributed by atoms with van der Waals surface area (Å²) in [6.45, 7) is 2.92. The average Bonchev–Trinajstić information content (AvgIpc) is 2.78. The monoisotopic (exact) mass is 325 g/mol. The molecular weight excluding hydrogens is 309 g/mol. The summed E-state index contributed by atoms with van der Waals surface area (Å²) in [4.78, 5) is 0. The molecule has 0 saturated heterocycles. The highest BCUT2D eigenvalue weighted by Crippen LogP contribution is 2.26. The maximum atomic E-state index is 14.1. The fraction of sp³-hybridized carbons (Fsp3) is 0.357. The first-order valence-electron chi connectivity index (χ1n) is 6.28. The molecule has 1 N–H and O–H groups in total. The smallest absolute Gasteiger partial charge is 0.129 e. The van der Waals surface area contributed by atoms with Crippen molar-refractivity contribution in [3.63, 3.8) is 0 Å². The number of aromatic nitrogens is 2. The summed E-state index contributed by atoms with van der Waals surface area (Å²) < 4.78 is 16.6. The quantitative estimate of drug-likeness (QED) is 0.912. The molecule has 0 saturated carbocycles. The highest BCUT2D eigenvalue weighted by Gasteiger charge is 2.18. The van der Waals surface area contributed by atoms with Crippen molar-refractivity contribution in [2.75, 3.05) is 6.54 Å². The lowest BCUT2D eigenvalue weighted by Gasteiger charge is -2.18. The van der Waals surface area contributed by atoms with Gasteiger partial charge < -0.3 is 5.32 Å². The van der Waals surface area contributed by atoms with E-state index in [0.717, 1.165) is 23.0 Å². The van der Waals surface area contributed by atoms with Gasteiger partial charge in [0.25, 0.3) is 0 Å². The van der Waals surface area contributed by atoms with E-state index >= 15 is 0 Å². The molecule has 0 spiro atoms. The molecular formula is C14H17BrFN3. The first-order valence-corrected chi connectivity index (χ1v) is 7.08. The molecule has 1 heterocycles. The molecule has 2 rings (SSSR count). The van der Waals surface area contributed by atoms with Crippen LogP contribution in [0.4, 0.5) is 4.39 Å². The Morgan fingerprint density at radius 2 is 2.26 bits per heavy atom. The first-order chi connectivity index (χ1) is 9.11. The molecule has 1 atom stereocenters. The number of nitrogens with one attached hydrogen (secondary N) is 1. The minimum atomic E-state index is -0.216. The molecule has 0 aliphatic heterocycles. The summed E-state index contributed by atoms with van der Waals surface area (Å²) in [6.07, 6.45) is 4.68. The summed E-state index contributed by atoms with van der Waals surface area (Å²) in [5, 5.41) is 7.53. The third-order valence-electron chi connectivity index (χ3n) is 2.93. The van der Waals surface area contributed by atoms with E-state index in [1.807, 2.05) is 19.3 Å². The Hall–Kier alpha value is -1.20. The van der Waals surface area contributed by atoms with Gasteiger partial charge in [0, 0.05) is 28.8 Å². The van der Waals surface area contributed by atoms with Crippen molar-refractivity contribution < 1.29 is 4.39 Å². The zero-order valence-corrected chi connectivity index (χ0v) is 12.6. The Labute approximate surface area is 121 Å². The fourth-order valence-electron chi connectivity index (χ4n) is 2.02. The van der Waals surface area contributed by atoms with E-state index in [1.54, 1.807) is 16.9 Å². The zero-order valence-electron chi connectivity index (χ0n) is 11.0. The second kappa shape index (κ2) is 6.30. The van der Waals surface area contributed by atoms with E-state index in [1.165, 1.54) is 6.07 Å². The minimum Gasteiger partial charge on any atom is -0.306 e. The molecule has 0 amide bonds.